The summed E-state index contributed by atoms with van der Waals surface area (Å²) in [5.74, 6) is -0.130. The highest BCUT2D eigenvalue weighted by atomic mass is 32.1. The van der Waals surface area contributed by atoms with Gasteiger partial charge in [-0.1, -0.05) is 29.5 Å². The standard InChI is InChI=1S/C23H16N4O2S2/c28-17-6-3-5-16-21(17)31-23(25-16)26-22(29)13-8-14-11-24-27-20(14)15(9-13)19-10-12-4-1-2-7-18(12)30-19/h1-2,4,7-11H,3,5-6H2,(H,24,27)(H,25,26,29). The molecule has 31 heavy (non-hydrogen) atoms. The second kappa shape index (κ2) is 7.11. The number of hydrogen-bond donors (Lipinski definition) is 2. The van der Waals surface area contributed by atoms with E-state index in [1.807, 2.05) is 24.3 Å². The molecule has 0 aliphatic heterocycles. The van der Waals surface area contributed by atoms with Crippen molar-refractivity contribution in [2.45, 2.75) is 19.3 Å². The number of hydrogen-bond acceptors (Lipinski definition) is 6. The van der Waals surface area contributed by atoms with Crippen LogP contribution in [0.1, 0.15) is 38.6 Å². The fraction of sp³-hybridized carbons (Fsp3) is 0.130. The number of benzene rings is 2. The Bertz CT molecular complexity index is 1460. The minimum absolute atomic E-state index is 0.117. The Balaban J connectivity index is 1.39. The van der Waals surface area contributed by atoms with Gasteiger partial charge in [0.2, 0.25) is 0 Å². The van der Waals surface area contributed by atoms with Gasteiger partial charge in [-0.15, -0.1) is 11.3 Å². The van der Waals surface area contributed by atoms with Crippen molar-refractivity contribution in [2.75, 3.05) is 5.32 Å². The van der Waals surface area contributed by atoms with Crippen molar-refractivity contribution in [3.05, 3.63) is 64.8 Å². The molecule has 0 saturated heterocycles. The van der Waals surface area contributed by atoms with E-state index < -0.39 is 0 Å². The van der Waals surface area contributed by atoms with E-state index in [0.717, 1.165) is 39.9 Å². The summed E-state index contributed by atoms with van der Waals surface area (Å²) in [6, 6.07) is 14.1. The van der Waals surface area contributed by atoms with Gasteiger partial charge in [-0.05, 0) is 42.5 Å². The number of aromatic amines is 1. The monoisotopic (exact) mass is 444 g/mol. The molecule has 0 fully saturated rings. The predicted octanol–water partition coefficient (Wildman–Crippen LogP) is 5.67. The summed E-state index contributed by atoms with van der Waals surface area (Å²) in [7, 11) is 0. The smallest absolute Gasteiger partial charge is 0.257 e. The molecule has 3 aromatic heterocycles. The largest absolute Gasteiger partial charge is 0.298 e. The van der Waals surface area contributed by atoms with Crippen molar-refractivity contribution in [1.82, 2.24) is 15.2 Å². The summed E-state index contributed by atoms with van der Waals surface area (Å²) >= 11 is 2.95. The first-order valence-electron chi connectivity index (χ1n) is 9.96. The summed E-state index contributed by atoms with van der Waals surface area (Å²) in [6.45, 7) is 0. The number of thiophene rings is 1. The van der Waals surface area contributed by atoms with Crippen LogP contribution in [-0.2, 0) is 6.42 Å². The van der Waals surface area contributed by atoms with E-state index in [1.54, 1.807) is 17.5 Å². The van der Waals surface area contributed by atoms with Crippen molar-refractivity contribution < 1.29 is 9.59 Å². The Hall–Kier alpha value is -3.36. The SMILES string of the molecule is O=C(Nc1nc2c(s1)C(=O)CCC2)c1cc(-c2cc3ccccc3s2)c2[nH]ncc2c1. The molecule has 8 heteroatoms. The number of aryl methyl sites for hydroxylation is 1. The number of nitrogens with zero attached hydrogens (tertiary/aromatic N) is 2. The van der Waals surface area contributed by atoms with Crippen LogP contribution < -0.4 is 5.32 Å². The molecule has 1 aliphatic carbocycles. The molecule has 0 bridgehead atoms. The molecule has 5 aromatic rings. The molecule has 0 atom stereocenters. The van der Waals surface area contributed by atoms with Gasteiger partial charge in [0.15, 0.2) is 10.9 Å². The lowest BCUT2D eigenvalue weighted by Crippen LogP contribution is -2.12. The number of anilines is 1. The van der Waals surface area contributed by atoms with Gasteiger partial charge < -0.3 is 0 Å². The molecule has 0 radical (unpaired) electrons. The average Bonchev–Trinajstić information content (AvgIpc) is 3.50. The van der Waals surface area contributed by atoms with Crippen molar-refractivity contribution in [2.24, 2.45) is 0 Å². The molecular weight excluding hydrogens is 428 g/mol. The topological polar surface area (TPSA) is 87.7 Å². The van der Waals surface area contributed by atoms with E-state index in [2.05, 4.69) is 38.7 Å². The molecule has 2 aromatic carbocycles. The molecule has 0 spiro atoms. The molecule has 6 rings (SSSR count). The maximum Gasteiger partial charge on any atom is 0.257 e. The Labute approximate surface area is 184 Å². The van der Waals surface area contributed by atoms with Crippen molar-refractivity contribution in [3.8, 4) is 10.4 Å². The summed E-state index contributed by atoms with van der Waals surface area (Å²) in [4.78, 5) is 31.4. The first kappa shape index (κ1) is 18.4. The molecule has 0 saturated carbocycles. The maximum atomic E-state index is 13.1. The zero-order chi connectivity index (χ0) is 20.9. The Morgan fingerprint density at radius 2 is 1.97 bits per heavy atom. The lowest BCUT2D eigenvalue weighted by molar-refractivity contribution is 0.0975. The number of thiazole rings is 1. The van der Waals surface area contributed by atoms with Crippen molar-refractivity contribution >= 4 is 60.5 Å². The normalized spacial score (nSPS) is 13.6. The minimum Gasteiger partial charge on any atom is -0.298 e. The molecule has 152 valence electrons. The summed E-state index contributed by atoms with van der Waals surface area (Å²) in [5.41, 5.74) is 3.17. The van der Waals surface area contributed by atoms with Gasteiger partial charge in [-0.25, -0.2) is 4.98 Å². The van der Waals surface area contributed by atoms with Crippen LogP contribution in [0.5, 0.6) is 0 Å². The van der Waals surface area contributed by atoms with E-state index in [4.69, 9.17) is 0 Å². The highest BCUT2D eigenvalue weighted by molar-refractivity contribution is 7.22. The zero-order valence-electron chi connectivity index (χ0n) is 16.3. The fourth-order valence-electron chi connectivity index (χ4n) is 3.99. The number of fused-ring (bicyclic) bond motifs is 3. The van der Waals surface area contributed by atoms with Crippen LogP contribution in [0.3, 0.4) is 0 Å². The van der Waals surface area contributed by atoms with Crippen molar-refractivity contribution in [3.63, 3.8) is 0 Å². The van der Waals surface area contributed by atoms with Crippen LogP contribution in [0.15, 0.2) is 48.7 Å². The van der Waals surface area contributed by atoms with E-state index in [-0.39, 0.29) is 11.7 Å². The number of H-pyrrole nitrogens is 1. The van der Waals surface area contributed by atoms with Gasteiger partial charge in [0.25, 0.3) is 5.91 Å². The third-order valence-electron chi connectivity index (χ3n) is 5.49. The minimum atomic E-state index is -0.246. The number of aromatic nitrogens is 3. The summed E-state index contributed by atoms with van der Waals surface area (Å²) in [5, 5.41) is 12.6. The number of Topliss-reactive ketones (excluding diaryl/α,β-unsaturated/α-hetero) is 1. The lowest BCUT2D eigenvalue weighted by Gasteiger charge is -2.06. The fourth-order valence-corrected chi connectivity index (χ4v) is 6.05. The zero-order valence-corrected chi connectivity index (χ0v) is 17.9. The van der Waals surface area contributed by atoms with Crippen molar-refractivity contribution in [1.29, 1.82) is 0 Å². The van der Waals surface area contributed by atoms with E-state index in [9.17, 15) is 9.59 Å². The number of ketones is 1. The third kappa shape index (κ3) is 3.15. The van der Waals surface area contributed by atoms with Crippen LogP contribution in [-0.4, -0.2) is 26.9 Å². The summed E-state index contributed by atoms with van der Waals surface area (Å²) < 4.78 is 1.19. The molecule has 2 N–H and O–H groups in total. The van der Waals surface area contributed by atoms with E-state index in [0.29, 0.717) is 22.0 Å². The van der Waals surface area contributed by atoms with Gasteiger partial charge in [0.05, 0.1) is 22.3 Å². The number of carbonyl (C=O) groups is 2. The second-order valence-electron chi connectivity index (χ2n) is 7.53. The van der Waals surface area contributed by atoms with Gasteiger partial charge in [-0.3, -0.25) is 20.0 Å². The lowest BCUT2D eigenvalue weighted by atomic mass is 10.0. The van der Waals surface area contributed by atoms with Gasteiger partial charge in [0.1, 0.15) is 0 Å². The van der Waals surface area contributed by atoms with E-state index in [1.165, 1.54) is 21.4 Å². The Kier molecular flexibility index (Phi) is 4.22. The predicted molar refractivity (Wildman–Crippen MR) is 124 cm³/mol. The van der Waals surface area contributed by atoms with Crippen LogP contribution in [0, 0.1) is 0 Å². The molecule has 3 heterocycles. The van der Waals surface area contributed by atoms with Gasteiger partial charge in [-0.2, -0.15) is 5.10 Å². The van der Waals surface area contributed by atoms with Crippen LogP contribution in [0.2, 0.25) is 0 Å². The molecule has 0 unspecified atom stereocenters. The second-order valence-corrected chi connectivity index (χ2v) is 9.62. The van der Waals surface area contributed by atoms with Crippen LogP contribution in [0.25, 0.3) is 31.4 Å². The maximum absolute atomic E-state index is 13.1. The average molecular weight is 445 g/mol. The Morgan fingerprint density at radius 3 is 2.84 bits per heavy atom. The third-order valence-corrected chi connectivity index (χ3v) is 7.69. The van der Waals surface area contributed by atoms with Gasteiger partial charge in [0, 0.05) is 32.5 Å². The van der Waals surface area contributed by atoms with E-state index >= 15 is 0 Å². The van der Waals surface area contributed by atoms with Crippen LogP contribution in [0.4, 0.5) is 5.13 Å². The number of nitrogens with one attached hydrogen (secondary N) is 2. The van der Waals surface area contributed by atoms with Crippen LogP contribution >= 0.6 is 22.7 Å². The molecule has 1 amide bonds. The summed E-state index contributed by atoms with van der Waals surface area (Å²) in [6.07, 6.45) is 3.88. The first-order chi connectivity index (χ1) is 15.2. The molecular formula is C23H16N4O2S2. The van der Waals surface area contributed by atoms with Gasteiger partial charge >= 0.3 is 0 Å². The highest BCUT2D eigenvalue weighted by Crippen LogP contribution is 2.37. The number of carbonyl (C=O) groups excluding carboxylic acids is 2. The molecule has 6 nitrogen and oxygen atoms in total. The highest BCUT2D eigenvalue weighted by Gasteiger charge is 2.23. The molecule has 1 aliphatic rings. The Morgan fingerprint density at radius 1 is 1.06 bits per heavy atom. The first-order valence-corrected chi connectivity index (χ1v) is 11.6. The quantitative estimate of drug-likeness (QED) is 0.375. The number of rotatable bonds is 3. The number of amides is 1.